The maximum absolute atomic E-state index is 12.4. The Hall–Kier alpha value is 0.200. The molecule has 1 aliphatic carbocycles. The molecule has 8 heteroatoms. The van der Waals surface area contributed by atoms with E-state index in [4.69, 9.17) is 23.2 Å². The van der Waals surface area contributed by atoms with Crippen LogP contribution in [0.25, 0.3) is 0 Å². The number of hydrogen-bond acceptors (Lipinski definition) is 3. The van der Waals surface area contributed by atoms with Crippen LogP contribution in [0.15, 0.2) is 18.2 Å². The van der Waals surface area contributed by atoms with Crippen molar-refractivity contribution in [3.8, 4) is 0 Å². The van der Waals surface area contributed by atoms with Crippen LogP contribution in [-0.2, 0) is 4.57 Å². The van der Waals surface area contributed by atoms with Crippen LogP contribution < -0.4 is 5.32 Å². The molecule has 0 aliphatic heterocycles. The van der Waals surface area contributed by atoms with Crippen molar-refractivity contribution in [3.63, 3.8) is 0 Å². The lowest BCUT2D eigenvalue weighted by molar-refractivity contribution is 0.186. The molecule has 2 rings (SSSR count). The molecule has 150 valence electrons. The first-order valence-electron chi connectivity index (χ1n) is 8.94. The highest BCUT2D eigenvalue weighted by Gasteiger charge is 2.28. The Bertz CT molecular complexity index is 611. The van der Waals surface area contributed by atoms with Crippen molar-refractivity contribution in [2.24, 2.45) is 5.92 Å². The summed E-state index contributed by atoms with van der Waals surface area (Å²) in [5.74, 6) is 0.333. The van der Waals surface area contributed by atoms with E-state index in [0.717, 1.165) is 31.2 Å². The SMILES string of the molecule is C[C@@H](NC[C@H](O)CP(=O)(O)CC1CCCCC1)c1ccc(Cl)c(Cl)c1.Cl. The van der Waals surface area contributed by atoms with Crippen molar-refractivity contribution in [1.82, 2.24) is 5.32 Å². The van der Waals surface area contributed by atoms with E-state index in [2.05, 4.69) is 5.32 Å². The molecule has 1 fully saturated rings. The van der Waals surface area contributed by atoms with Gasteiger partial charge in [0.05, 0.1) is 22.3 Å². The Balaban J connectivity index is 0.00000338. The van der Waals surface area contributed by atoms with Gasteiger partial charge in [0.2, 0.25) is 7.37 Å². The van der Waals surface area contributed by atoms with E-state index >= 15 is 0 Å². The molecule has 3 atom stereocenters. The molecule has 0 radical (unpaired) electrons. The molecule has 0 spiro atoms. The summed E-state index contributed by atoms with van der Waals surface area (Å²) in [7, 11) is -3.29. The van der Waals surface area contributed by atoms with Gasteiger partial charge in [-0.2, -0.15) is 0 Å². The molecule has 0 saturated heterocycles. The van der Waals surface area contributed by atoms with Crippen LogP contribution in [0, 0.1) is 5.92 Å². The van der Waals surface area contributed by atoms with E-state index in [9.17, 15) is 14.6 Å². The zero-order valence-electron chi connectivity index (χ0n) is 15.0. The number of halogens is 3. The monoisotopic (exact) mass is 443 g/mol. The Kier molecular flexibility index (Phi) is 10.5. The molecular weight excluding hydrogens is 416 g/mol. The number of nitrogens with one attached hydrogen (secondary N) is 1. The number of aliphatic hydroxyl groups is 1. The first kappa shape index (κ1) is 24.2. The minimum Gasteiger partial charge on any atom is -0.391 e. The number of rotatable bonds is 8. The molecule has 0 amide bonds. The Morgan fingerprint density at radius 1 is 1.23 bits per heavy atom. The van der Waals surface area contributed by atoms with Crippen LogP contribution in [0.4, 0.5) is 0 Å². The summed E-state index contributed by atoms with van der Waals surface area (Å²) in [4.78, 5) is 10.2. The Labute approximate surface area is 172 Å². The number of benzene rings is 1. The summed E-state index contributed by atoms with van der Waals surface area (Å²) in [6, 6.07) is 5.35. The minimum atomic E-state index is -3.29. The first-order valence-corrected chi connectivity index (χ1v) is 11.7. The molecule has 4 nitrogen and oxygen atoms in total. The van der Waals surface area contributed by atoms with Crippen molar-refractivity contribution < 1.29 is 14.6 Å². The van der Waals surface area contributed by atoms with Gasteiger partial charge in [0.15, 0.2) is 0 Å². The molecule has 1 aromatic rings. The molecule has 0 aromatic heterocycles. The van der Waals surface area contributed by atoms with Crippen LogP contribution in [0.2, 0.25) is 10.0 Å². The average molecular weight is 445 g/mol. The lowest BCUT2D eigenvalue weighted by Gasteiger charge is -2.25. The van der Waals surface area contributed by atoms with E-state index in [1.165, 1.54) is 6.42 Å². The maximum atomic E-state index is 12.4. The third kappa shape index (κ3) is 8.06. The summed E-state index contributed by atoms with van der Waals surface area (Å²) < 4.78 is 12.4. The standard InChI is InChI=1S/C18H28Cl2NO3P.ClH/c1-13(15-7-8-17(19)18(20)9-15)21-10-16(22)12-25(23,24)11-14-5-3-2-4-6-14;/h7-9,13-14,16,21-22H,2-6,10-12H2,1H3,(H,23,24);1H/t13-,16+;/m1./s1. The lowest BCUT2D eigenvalue weighted by atomic mass is 9.91. The first-order chi connectivity index (χ1) is 11.8. The van der Waals surface area contributed by atoms with Gasteiger partial charge in [-0.05, 0) is 43.4 Å². The van der Waals surface area contributed by atoms with Gasteiger partial charge in [0.1, 0.15) is 0 Å². The maximum Gasteiger partial charge on any atom is 0.203 e. The minimum absolute atomic E-state index is 0. The van der Waals surface area contributed by atoms with Gasteiger partial charge in [0, 0.05) is 18.7 Å². The summed E-state index contributed by atoms with van der Waals surface area (Å²) >= 11 is 11.9. The van der Waals surface area contributed by atoms with E-state index < -0.39 is 13.5 Å². The normalized spacial score (nSPS) is 20.0. The number of aliphatic hydroxyl groups excluding tert-OH is 1. The van der Waals surface area contributed by atoms with Gasteiger partial charge >= 0.3 is 0 Å². The van der Waals surface area contributed by atoms with Crippen LogP contribution >= 0.6 is 43.0 Å². The fourth-order valence-electron chi connectivity index (χ4n) is 3.45. The summed E-state index contributed by atoms with van der Waals surface area (Å²) in [5.41, 5.74) is 0.955. The van der Waals surface area contributed by atoms with Crippen LogP contribution in [0.5, 0.6) is 0 Å². The van der Waals surface area contributed by atoms with Crippen molar-refractivity contribution in [3.05, 3.63) is 33.8 Å². The van der Waals surface area contributed by atoms with Crippen LogP contribution in [-0.4, -0.2) is 35.0 Å². The van der Waals surface area contributed by atoms with E-state index in [0.29, 0.717) is 22.1 Å². The molecule has 1 aromatic carbocycles. The molecule has 1 saturated carbocycles. The van der Waals surface area contributed by atoms with E-state index in [-0.39, 0.29) is 31.2 Å². The fraction of sp³-hybridized carbons (Fsp3) is 0.667. The zero-order valence-corrected chi connectivity index (χ0v) is 18.3. The van der Waals surface area contributed by atoms with Crippen molar-refractivity contribution >= 4 is 43.0 Å². The van der Waals surface area contributed by atoms with Gasteiger partial charge in [0.25, 0.3) is 0 Å². The van der Waals surface area contributed by atoms with E-state index in [1.54, 1.807) is 12.1 Å². The molecule has 0 bridgehead atoms. The lowest BCUT2D eigenvalue weighted by Crippen LogP contribution is -2.32. The molecule has 0 heterocycles. The van der Waals surface area contributed by atoms with E-state index in [1.807, 2.05) is 13.0 Å². The molecular formula is C18H29Cl3NO3P. The van der Waals surface area contributed by atoms with Gasteiger partial charge in [-0.3, -0.25) is 4.57 Å². The van der Waals surface area contributed by atoms with Gasteiger partial charge in [-0.1, -0.05) is 48.5 Å². The average Bonchev–Trinajstić information content (AvgIpc) is 2.55. The van der Waals surface area contributed by atoms with Crippen molar-refractivity contribution in [2.75, 3.05) is 18.9 Å². The second kappa shape index (κ2) is 11.3. The topological polar surface area (TPSA) is 69.6 Å². The van der Waals surface area contributed by atoms with Crippen LogP contribution in [0.1, 0.15) is 50.6 Å². The Morgan fingerprint density at radius 2 is 1.88 bits per heavy atom. The zero-order chi connectivity index (χ0) is 18.4. The van der Waals surface area contributed by atoms with Crippen LogP contribution in [0.3, 0.4) is 0 Å². The largest absolute Gasteiger partial charge is 0.391 e. The molecule has 26 heavy (non-hydrogen) atoms. The predicted molar refractivity (Wildman–Crippen MR) is 112 cm³/mol. The highest BCUT2D eigenvalue weighted by Crippen LogP contribution is 2.45. The predicted octanol–water partition coefficient (Wildman–Crippen LogP) is 5.28. The van der Waals surface area contributed by atoms with Gasteiger partial charge < -0.3 is 15.3 Å². The third-order valence-corrected chi connectivity index (χ3v) is 7.69. The number of hydrogen-bond donors (Lipinski definition) is 3. The smallest absolute Gasteiger partial charge is 0.203 e. The summed E-state index contributed by atoms with van der Waals surface area (Å²) in [6.07, 6.45) is 5.04. The Morgan fingerprint density at radius 3 is 2.50 bits per heavy atom. The quantitative estimate of drug-likeness (QED) is 0.477. The third-order valence-electron chi connectivity index (χ3n) is 4.87. The van der Waals surface area contributed by atoms with Gasteiger partial charge in [-0.25, -0.2) is 0 Å². The van der Waals surface area contributed by atoms with Crippen molar-refractivity contribution in [2.45, 2.75) is 51.2 Å². The summed E-state index contributed by atoms with van der Waals surface area (Å²) in [5, 5.41) is 14.3. The highest BCUT2D eigenvalue weighted by atomic mass is 35.5. The summed E-state index contributed by atoms with van der Waals surface area (Å²) in [6.45, 7) is 2.21. The second-order valence-electron chi connectivity index (χ2n) is 7.17. The molecule has 1 unspecified atom stereocenters. The van der Waals surface area contributed by atoms with Crippen molar-refractivity contribution in [1.29, 1.82) is 0 Å². The van der Waals surface area contributed by atoms with Gasteiger partial charge in [-0.15, -0.1) is 12.4 Å². The molecule has 3 N–H and O–H groups in total. The fourth-order valence-corrected chi connectivity index (χ4v) is 5.87. The molecule has 1 aliphatic rings. The highest BCUT2D eigenvalue weighted by molar-refractivity contribution is 7.58. The second-order valence-corrected chi connectivity index (χ2v) is 10.4.